The fourth-order valence-corrected chi connectivity index (χ4v) is 4.21. The van der Waals surface area contributed by atoms with Gasteiger partial charge in [0.25, 0.3) is 11.8 Å². The predicted molar refractivity (Wildman–Crippen MR) is 114 cm³/mol. The van der Waals surface area contributed by atoms with Crippen molar-refractivity contribution in [3.8, 4) is 0 Å². The third kappa shape index (κ3) is 4.31. The smallest absolute Gasteiger partial charge is 0.418 e. The molecule has 2 aromatic heterocycles. The summed E-state index contributed by atoms with van der Waals surface area (Å²) >= 11 is 1.29. The molecule has 0 atom stereocenters. The molecule has 1 aliphatic carbocycles. The van der Waals surface area contributed by atoms with Crippen LogP contribution in [0.3, 0.4) is 0 Å². The van der Waals surface area contributed by atoms with Gasteiger partial charge in [-0.1, -0.05) is 18.2 Å². The second-order valence-electron chi connectivity index (χ2n) is 7.18. The molecule has 0 aliphatic heterocycles. The number of furan rings is 1. The molecule has 6 nitrogen and oxygen atoms in total. The molecular formula is C22H18F3N3O3S. The Morgan fingerprint density at radius 2 is 1.88 bits per heavy atom. The number of aryl methyl sites for hydroxylation is 1. The van der Waals surface area contributed by atoms with E-state index in [1.54, 1.807) is 24.4 Å². The van der Waals surface area contributed by atoms with Gasteiger partial charge in [0.1, 0.15) is 5.76 Å². The minimum atomic E-state index is -4.61. The number of alkyl halides is 3. The predicted octanol–water partition coefficient (Wildman–Crippen LogP) is 5.39. The lowest BCUT2D eigenvalue weighted by atomic mass is 9.93. The van der Waals surface area contributed by atoms with Crippen LogP contribution < -0.4 is 10.7 Å². The molecular weight excluding hydrogens is 443 g/mol. The summed E-state index contributed by atoms with van der Waals surface area (Å²) in [6.45, 7) is 1.65. The third-order valence-electron chi connectivity index (χ3n) is 5.05. The van der Waals surface area contributed by atoms with E-state index in [-0.39, 0.29) is 17.4 Å². The first kappa shape index (κ1) is 21.8. The van der Waals surface area contributed by atoms with E-state index in [1.165, 1.54) is 29.5 Å². The summed E-state index contributed by atoms with van der Waals surface area (Å²) < 4.78 is 45.5. The van der Waals surface area contributed by atoms with Crippen LogP contribution in [-0.4, -0.2) is 17.5 Å². The van der Waals surface area contributed by atoms with E-state index in [0.717, 1.165) is 6.07 Å². The molecule has 4 rings (SSSR count). The van der Waals surface area contributed by atoms with Crippen molar-refractivity contribution in [2.75, 3.05) is 5.32 Å². The van der Waals surface area contributed by atoms with E-state index < -0.39 is 17.6 Å². The number of rotatable bonds is 4. The SMILES string of the molecule is Cc1c(C(=O)Nc2ccccc2C(F)(F)F)oc2c1/C(=N/NC(=O)c1cccs1)CCC2. The number of nitrogens with zero attached hydrogens (tertiary/aromatic N) is 1. The number of hydrogen-bond donors (Lipinski definition) is 2. The van der Waals surface area contributed by atoms with Crippen molar-refractivity contribution in [2.45, 2.75) is 32.4 Å². The van der Waals surface area contributed by atoms with Crippen molar-refractivity contribution in [3.05, 3.63) is 74.9 Å². The molecule has 166 valence electrons. The zero-order valence-corrected chi connectivity index (χ0v) is 17.7. The highest BCUT2D eigenvalue weighted by Gasteiger charge is 2.34. The summed E-state index contributed by atoms with van der Waals surface area (Å²) in [6.07, 6.45) is -2.79. The molecule has 32 heavy (non-hydrogen) atoms. The van der Waals surface area contributed by atoms with E-state index in [2.05, 4.69) is 15.8 Å². The molecule has 1 aliphatic rings. The van der Waals surface area contributed by atoms with Crippen molar-refractivity contribution < 1.29 is 27.2 Å². The summed E-state index contributed by atoms with van der Waals surface area (Å²) in [7, 11) is 0. The molecule has 2 N–H and O–H groups in total. The number of carbonyl (C=O) groups excluding carboxylic acids is 2. The molecule has 2 heterocycles. The third-order valence-corrected chi connectivity index (χ3v) is 5.92. The fraction of sp³-hybridized carbons (Fsp3) is 0.227. The number of carbonyl (C=O) groups is 2. The van der Waals surface area contributed by atoms with Crippen LogP contribution in [0.1, 0.15) is 55.5 Å². The van der Waals surface area contributed by atoms with Gasteiger partial charge < -0.3 is 9.73 Å². The maximum atomic E-state index is 13.2. The van der Waals surface area contributed by atoms with Crippen LogP contribution in [0.15, 0.2) is 51.3 Å². The number of para-hydroxylation sites is 1. The highest BCUT2D eigenvalue weighted by Crippen LogP contribution is 2.35. The summed E-state index contributed by atoms with van der Waals surface area (Å²) in [5, 5.41) is 8.31. The second kappa shape index (κ2) is 8.62. The molecule has 3 aromatic rings. The van der Waals surface area contributed by atoms with Crippen LogP contribution >= 0.6 is 11.3 Å². The van der Waals surface area contributed by atoms with Gasteiger partial charge in [-0.25, -0.2) is 5.43 Å². The average Bonchev–Trinajstić information content (AvgIpc) is 3.40. The highest BCUT2D eigenvalue weighted by atomic mass is 32.1. The zero-order valence-electron chi connectivity index (χ0n) is 16.9. The Morgan fingerprint density at radius 1 is 1.09 bits per heavy atom. The number of thiophene rings is 1. The highest BCUT2D eigenvalue weighted by molar-refractivity contribution is 7.12. The van der Waals surface area contributed by atoms with Crippen LogP contribution in [0.5, 0.6) is 0 Å². The van der Waals surface area contributed by atoms with Gasteiger partial charge in [0.05, 0.1) is 21.8 Å². The number of anilines is 1. The van der Waals surface area contributed by atoms with Crippen molar-refractivity contribution in [2.24, 2.45) is 5.10 Å². The standard InChI is InChI=1S/C22H18F3N3O3S/c1-12-18-15(27-28-20(29)17-10-5-11-32-17)8-4-9-16(18)31-19(12)21(30)26-14-7-3-2-6-13(14)22(23,24)25/h2-3,5-7,10-11H,4,8-9H2,1H3,(H,26,30)(H,28,29)/b27-15+. The molecule has 0 unspecified atom stereocenters. The number of hydrazone groups is 1. The molecule has 0 spiro atoms. The van der Waals surface area contributed by atoms with E-state index in [4.69, 9.17) is 4.42 Å². The number of benzene rings is 1. The Bertz CT molecular complexity index is 1200. The van der Waals surface area contributed by atoms with Gasteiger partial charge in [-0.2, -0.15) is 18.3 Å². The fourth-order valence-electron chi connectivity index (χ4n) is 3.60. The van der Waals surface area contributed by atoms with Crippen LogP contribution in [-0.2, 0) is 12.6 Å². The summed E-state index contributed by atoms with van der Waals surface area (Å²) in [4.78, 5) is 25.5. The van der Waals surface area contributed by atoms with Crippen LogP contribution in [0.4, 0.5) is 18.9 Å². The monoisotopic (exact) mass is 461 g/mol. The Hall–Kier alpha value is -3.40. The number of fused-ring (bicyclic) bond motifs is 1. The van der Waals surface area contributed by atoms with Gasteiger partial charge in [-0.15, -0.1) is 11.3 Å². The molecule has 10 heteroatoms. The first-order valence-electron chi connectivity index (χ1n) is 9.76. The lowest BCUT2D eigenvalue weighted by molar-refractivity contribution is -0.136. The lowest BCUT2D eigenvalue weighted by Crippen LogP contribution is -2.21. The molecule has 0 fully saturated rings. The van der Waals surface area contributed by atoms with Crippen molar-refractivity contribution in [1.29, 1.82) is 0 Å². The van der Waals surface area contributed by atoms with Crippen LogP contribution in [0.2, 0.25) is 0 Å². The average molecular weight is 461 g/mol. The van der Waals surface area contributed by atoms with Crippen molar-refractivity contribution in [3.63, 3.8) is 0 Å². The van der Waals surface area contributed by atoms with Gasteiger partial charge in [0.2, 0.25) is 0 Å². The largest absolute Gasteiger partial charge is 0.455 e. The minimum Gasteiger partial charge on any atom is -0.455 e. The normalized spacial score (nSPS) is 14.8. The van der Waals surface area contributed by atoms with Crippen molar-refractivity contribution in [1.82, 2.24) is 5.43 Å². The second-order valence-corrected chi connectivity index (χ2v) is 8.13. The molecule has 0 radical (unpaired) electrons. The molecule has 2 amide bonds. The topological polar surface area (TPSA) is 83.7 Å². The Morgan fingerprint density at radius 3 is 2.59 bits per heavy atom. The van der Waals surface area contributed by atoms with Crippen molar-refractivity contribution >= 4 is 34.6 Å². The quantitative estimate of drug-likeness (QED) is 0.511. The maximum Gasteiger partial charge on any atom is 0.418 e. The zero-order chi connectivity index (χ0) is 22.9. The number of nitrogens with one attached hydrogen (secondary N) is 2. The van der Waals surface area contributed by atoms with E-state index in [1.807, 2.05) is 0 Å². The van der Waals surface area contributed by atoms with Gasteiger partial charge in [0.15, 0.2) is 5.76 Å². The number of amides is 2. The Labute approximate surface area is 185 Å². The maximum absolute atomic E-state index is 13.2. The van der Waals surface area contributed by atoms with Crippen LogP contribution in [0.25, 0.3) is 0 Å². The first-order chi connectivity index (χ1) is 15.3. The number of hydrogen-bond acceptors (Lipinski definition) is 5. The minimum absolute atomic E-state index is 0.0776. The van der Waals surface area contributed by atoms with E-state index >= 15 is 0 Å². The Balaban J connectivity index is 1.60. The summed E-state index contributed by atoms with van der Waals surface area (Å²) in [6, 6.07) is 8.18. The summed E-state index contributed by atoms with van der Waals surface area (Å²) in [5.41, 5.74) is 2.86. The molecule has 0 bridgehead atoms. The van der Waals surface area contributed by atoms with Crippen LogP contribution in [0, 0.1) is 6.92 Å². The molecule has 0 saturated heterocycles. The lowest BCUT2D eigenvalue weighted by Gasteiger charge is -2.13. The van der Waals surface area contributed by atoms with Gasteiger partial charge in [0, 0.05) is 17.5 Å². The van der Waals surface area contributed by atoms with Gasteiger partial charge >= 0.3 is 6.18 Å². The van der Waals surface area contributed by atoms with E-state index in [9.17, 15) is 22.8 Å². The van der Waals surface area contributed by atoms with E-state index in [0.29, 0.717) is 46.7 Å². The van der Waals surface area contributed by atoms with Gasteiger partial charge in [-0.05, 0) is 43.3 Å². The molecule has 0 saturated carbocycles. The summed E-state index contributed by atoms with van der Waals surface area (Å²) in [5.74, 6) is -0.684. The first-order valence-corrected chi connectivity index (χ1v) is 10.6. The van der Waals surface area contributed by atoms with Gasteiger partial charge in [-0.3, -0.25) is 9.59 Å². The number of halogens is 3. The Kier molecular flexibility index (Phi) is 5.88. The molecule has 1 aromatic carbocycles.